The van der Waals surface area contributed by atoms with Gasteiger partial charge in [-0.15, -0.1) is 0 Å². The molecule has 2 rings (SSSR count). The molecule has 0 N–H and O–H groups in total. The van der Waals surface area contributed by atoms with E-state index in [-0.39, 0.29) is 0 Å². The highest BCUT2D eigenvalue weighted by Gasteiger charge is 2.21. The van der Waals surface area contributed by atoms with Gasteiger partial charge in [0.2, 0.25) is 0 Å². The van der Waals surface area contributed by atoms with Gasteiger partial charge in [-0.2, -0.15) is 0 Å². The first-order chi connectivity index (χ1) is 9.97. The third-order valence-electron chi connectivity index (χ3n) is 3.01. The molecule has 0 radical (unpaired) electrons. The Labute approximate surface area is 144 Å². The fourth-order valence-corrected chi connectivity index (χ4v) is 3.41. The summed E-state index contributed by atoms with van der Waals surface area (Å²) in [5.74, 6) is 0.411. The largest absolute Gasteiger partial charge is 0.493 e. The van der Waals surface area contributed by atoms with E-state index in [2.05, 4.69) is 31.9 Å². The second kappa shape index (κ2) is 6.99. The van der Waals surface area contributed by atoms with Crippen LogP contribution in [-0.2, 0) is 0 Å². The first-order valence-corrected chi connectivity index (χ1v) is 8.07. The molecule has 0 aromatic heterocycles. The Hall–Kier alpha value is -0.780. The van der Waals surface area contributed by atoms with Crippen molar-refractivity contribution < 1.29 is 13.9 Å². The average molecular weight is 439 g/mol. The second-order valence-electron chi connectivity index (χ2n) is 4.26. The highest BCUT2D eigenvalue weighted by atomic mass is 79.9. The Kier molecular flexibility index (Phi) is 5.52. The van der Waals surface area contributed by atoms with E-state index in [1.54, 1.807) is 12.1 Å². The standard InChI is InChI=1S/C15H12Br2ClFO2/c1-20-13-6-10(12(19)7-14(13)21-2)15(17)9-5-8(16)3-4-11(9)18/h3-7,15H,1-2H3. The lowest BCUT2D eigenvalue weighted by Gasteiger charge is -2.16. The Morgan fingerprint density at radius 3 is 2.29 bits per heavy atom. The molecule has 0 spiro atoms. The normalized spacial score (nSPS) is 12.1. The van der Waals surface area contributed by atoms with Gasteiger partial charge >= 0.3 is 0 Å². The lowest BCUT2D eigenvalue weighted by atomic mass is 10.0. The van der Waals surface area contributed by atoms with Crippen LogP contribution in [0.5, 0.6) is 11.5 Å². The number of halogens is 4. The molecule has 6 heteroatoms. The van der Waals surface area contributed by atoms with Gasteiger partial charge in [0, 0.05) is 21.1 Å². The minimum Gasteiger partial charge on any atom is -0.493 e. The summed E-state index contributed by atoms with van der Waals surface area (Å²) in [5, 5.41) is 0.550. The van der Waals surface area contributed by atoms with Crippen LogP contribution in [0.3, 0.4) is 0 Å². The maximum absolute atomic E-state index is 14.3. The Bertz CT molecular complexity index is 664. The van der Waals surface area contributed by atoms with Crippen LogP contribution in [0.15, 0.2) is 34.8 Å². The van der Waals surface area contributed by atoms with Gasteiger partial charge in [0.15, 0.2) is 11.5 Å². The van der Waals surface area contributed by atoms with E-state index < -0.39 is 10.6 Å². The van der Waals surface area contributed by atoms with Crippen molar-refractivity contribution in [2.24, 2.45) is 0 Å². The molecule has 0 bridgehead atoms. The van der Waals surface area contributed by atoms with Crippen LogP contribution in [0.4, 0.5) is 4.39 Å². The van der Waals surface area contributed by atoms with Crippen LogP contribution >= 0.6 is 43.5 Å². The van der Waals surface area contributed by atoms with Gasteiger partial charge in [-0.25, -0.2) is 4.39 Å². The van der Waals surface area contributed by atoms with Gasteiger partial charge in [0.1, 0.15) is 5.82 Å². The number of hydrogen-bond donors (Lipinski definition) is 0. The Balaban J connectivity index is 2.52. The fourth-order valence-electron chi connectivity index (χ4n) is 1.94. The van der Waals surface area contributed by atoms with E-state index in [1.807, 2.05) is 12.1 Å². The van der Waals surface area contributed by atoms with E-state index >= 15 is 0 Å². The zero-order valence-corrected chi connectivity index (χ0v) is 15.2. The van der Waals surface area contributed by atoms with Crippen molar-refractivity contribution in [3.8, 4) is 11.5 Å². The molecular formula is C15H12Br2ClFO2. The molecule has 0 saturated carbocycles. The lowest BCUT2D eigenvalue weighted by molar-refractivity contribution is 0.351. The summed E-state index contributed by atoms with van der Waals surface area (Å²) < 4.78 is 25.5. The summed E-state index contributed by atoms with van der Waals surface area (Å²) in [6.07, 6.45) is 0. The number of ether oxygens (including phenoxy) is 2. The predicted octanol–water partition coefficient (Wildman–Crippen LogP) is 5.74. The average Bonchev–Trinajstić information content (AvgIpc) is 2.48. The zero-order valence-electron chi connectivity index (χ0n) is 11.3. The monoisotopic (exact) mass is 436 g/mol. The van der Waals surface area contributed by atoms with Crippen molar-refractivity contribution >= 4 is 43.5 Å². The number of rotatable bonds is 4. The molecule has 0 aliphatic carbocycles. The van der Waals surface area contributed by atoms with Crippen molar-refractivity contribution in [3.63, 3.8) is 0 Å². The fraction of sp³-hybridized carbons (Fsp3) is 0.200. The molecule has 0 amide bonds. The highest BCUT2D eigenvalue weighted by Crippen LogP contribution is 2.41. The van der Waals surface area contributed by atoms with E-state index in [0.29, 0.717) is 22.1 Å². The van der Waals surface area contributed by atoms with Gasteiger partial charge in [0.25, 0.3) is 0 Å². The van der Waals surface area contributed by atoms with E-state index in [9.17, 15) is 4.39 Å². The summed E-state index contributed by atoms with van der Waals surface area (Å²) in [4.78, 5) is -0.401. The zero-order chi connectivity index (χ0) is 15.6. The van der Waals surface area contributed by atoms with E-state index in [4.69, 9.17) is 21.1 Å². The molecule has 0 saturated heterocycles. The molecule has 2 aromatic carbocycles. The quantitative estimate of drug-likeness (QED) is 0.567. The van der Waals surface area contributed by atoms with Crippen molar-refractivity contribution in [1.82, 2.24) is 0 Å². The molecule has 0 fully saturated rings. The van der Waals surface area contributed by atoms with Crippen LogP contribution in [0.25, 0.3) is 0 Å². The minimum atomic E-state index is -0.401. The summed E-state index contributed by atoms with van der Waals surface area (Å²) in [6, 6.07) is 8.33. The topological polar surface area (TPSA) is 18.5 Å². The minimum absolute atomic E-state index is 0.346. The lowest BCUT2D eigenvalue weighted by Crippen LogP contribution is -2.00. The van der Waals surface area contributed by atoms with Crippen LogP contribution in [0.2, 0.25) is 5.02 Å². The van der Waals surface area contributed by atoms with Crippen molar-refractivity contribution in [3.05, 3.63) is 56.8 Å². The molecule has 2 aromatic rings. The van der Waals surface area contributed by atoms with Gasteiger partial charge in [-0.05, 0) is 29.8 Å². The Morgan fingerprint density at radius 1 is 1.05 bits per heavy atom. The molecule has 112 valence electrons. The van der Waals surface area contributed by atoms with Gasteiger partial charge in [-0.3, -0.25) is 0 Å². The van der Waals surface area contributed by atoms with Crippen molar-refractivity contribution in [1.29, 1.82) is 0 Å². The maximum Gasteiger partial charge on any atom is 0.163 e. The van der Waals surface area contributed by atoms with Crippen LogP contribution in [0.1, 0.15) is 16.0 Å². The predicted molar refractivity (Wildman–Crippen MR) is 89.4 cm³/mol. The maximum atomic E-state index is 14.3. The number of alkyl halides is 1. The van der Waals surface area contributed by atoms with Crippen molar-refractivity contribution in [2.45, 2.75) is 4.83 Å². The first-order valence-electron chi connectivity index (χ1n) is 5.98. The summed E-state index contributed by atoms with van der Waals surface area (Å²) in [7, 11) is 2.97. The smallest absolute Gasteiger partial charge is 0.163 e. The molecule has 0 aliphatic rings. The molecule has 0 heterocycles. The second-order valence-corrected chi connectivity index (χ2v) is 6.50. The molecule has 1 atom stereocenters. The number of hydrogen-bond acceptors (Lipinski definition) is 2. The van der Waals surface area contributed by atoms with E-state index in [1.165, 1.54) is 20.3 Å². The van der Waals surface area contributed by atoms with E-state index in [0.717, 1.165) is 10.0 Å². The Morgan fingerprint density at radius 2 is 1.67 bits per heavy atom. The van der Waals surface area contributed by atoms with Crippen molar-refractivity contribution in [2.75, 3.05) is 14.2 Å². The molecular weight excluding hydrogens is 426 g/mol. The van der Waals surface area contributed by atoms with Crippen LogP contribution in [-0.4, -0.2) is 14.2 Å². The van der Waals surface area contributed by atoms with Gasteiger partial charge in [0.05, 0.1) is 19.0 Å². The summed E-state index contributed by atoms with van der Waals surface area (Å²) in [6.45, 7) is 0. The molecule has 1 unspecified atom stereocenters. The molecule has 2 nitrogen and oxygen atoms in total. The van der Waals surface area contributed by atoms with Crippen LogP contribution in [0, 0.1) is 5.82 Å². The SMILES string of the molecule is COc1cc(F)c(C(Br)c2cc(Br)ccc2Cl)cc1OC. The van der Waals surface area contributed by atoms with Crippen LogP contribution < -0.4 is 9.47 Å². The highest BCUT2D eigenvalue weighted by molar-refractivity contribution is 9.10. The third-order valence-corrected chi connectivity index (χ3v) is 4.83. The molecule has 21 heavy (non-hydrogen) atoms. The number of methoxy groups -OCH3 is 2. The van der Waals surface area contributed by atoms with Gasteiger partial charge < -0.3 is 9.47 Å². The molecule has 0 aliphatic heterocycles. The number of benzene rings is 2. The summed E-state index contributed by atoms with van der Waals surface area (Å²) in [5.41, 5.74) is 1.19. The summed E-state index contributed by atoms with van der Waals surface area (Å²) >= 11 is 13.1. The third kappa shape index (κ3) is 3.52. The first kappa shape index (κ1) is 16.6. The van der Waals surface area contributed by atoms with Gasteiger partial charge in [-0.1, -0.05) is 43.5 Å².